The minimum absolute atomic E-state index is 1.08. The first-order chi connectivity index (χ1) is 4.43. The van der Waals surface area contributed by atoms with E-state index in [9.17, 15) is 0 Å². The van der Waals surface area contributed by atoms with Gasteiger partial charge in [-0.2, -0.15) is 0 Å². The van der Waals surface area contributed by atoms with Gasteiger partial charge in [0.1, 0.15) is 0 Å². The highest BCUT2D eigenvalue weighted by Crippen LogP contribution is 1.93. The summed E-state index contributed by atoms with van der Waals surface area (Å²) in [5.74, 6) is 0. The summed E-state index contributed by atoms with van der Waals surface area (Å²) in [7, 11) is 0. The van der Waals surface area contributed by atoms with Gasteiger partial charge in [0.2, 0.25) is 0 Å². The number of hydrogen-bond acceptors (Lipinski definition) is 2. The molecule has 0 spiro atoms. The van der Waals surface area contributed by atoms with E-state index in [1.165, 1.54) is 0 Å². The van der Waals surface area contributed by atoms with Gasteiger partial charge < -0.3 is 0 Å². The molecule has 0 amide bonds. The number of hydrogen-bond donors (Lipinski definition) is 1. The van der Waals surface area contributed by atoms with E-state index < -0.39 is 0 Å². The minimum Gasteiger partial charge on any atom is -0.227 e. The Balaban J connectivity index is 2.85. The average Bonchev–Trinajstić information content (AvgIpc) is 1.91. The number of benzene rings is 1. The Kier molecular flexibility index (Phi) is 2.33. The molecule has 46 valence electrons. The first-order valence-corrected chi connectivity index (χ1v) is 3.06. The van der Waals surface area contributed by atoms with Crippen LogP contribution in [0.15, 0.2) is 34.7 Å². The van der Waals surface area contributed by atoms with Crippen LogP contribution in [0.1, 0.15) is 5.56 Å². The van der Waals surface area contributed by atoms with Crippen molar-refractivity contribution < 1.29 is 0 Å². The Bertz CT molecular complexity index is 193. The highest BCUT2D eigenvalue weighted by molar-refractivity contribution is 7.78. The number of nitrogens with zero attached hydrogens (tertiary/aromatic N) is 1. The molecule has 0 aliphatic carbocycles. The van der Waals surface area contributed by atoms with Crippen molar-refractivity contribution in [2.45, 2.75) is 0 Å². The van der Waals surface area contributed by atoms with Crippen LogP contribution in [0.2, 0.25) is 0 Å². The summed E-state index contributed by atoms with van der Waals surface area (Å²) in [5, 5.41) is 0. The van der Waals surface area contributed by atoms with Gasteiger partial charge in [0.25, 0.3) is 0 Å². The van der Waals surface area contributed by atoms with Crippen LogP contribution in [-0.2, 0) is 0 Å². The van der Waals surface area contributed by atoms with Crippen molar-refractivity contribution >= 4 is 19.0 Å². The van der Waals surface area contributed by atoms with Gasteiger partial charge in [0.15, 0.2) is 0 Å². The van der Waals surface area contributed by atoms with Crippen LogP contribution in [0, 0.1) is 0 Å². The summed E-state index contributed by atoms with van der Waals surface area (Å²) in [6.07, 6.45) is 1.70. The zero-order valence-electron chi connectivity index (χ0n) is 4.86. The molecule has 0 fully saturated rings. The predicted molar refractivity (Wildman–Crippen MR) is 43.0 cm³/mol. The monoisotopic (exact) mass is 137 g/mol. The number of rotatable bonds is 1. The van der Waals surface area contributed by atoms with Gasteiger partial charge in [-0.3, -0.25) is 0 Å². The zero-order valence-corrected chi connectivity index (χ0v) is 5.75. The molecule has 1 nitrogen and oxygen atoms in total. The second-order valence-electron chi connectivity index (χ2n) is 1.66. The summed E-state index contributed by atoms with van der Waals surface area (Å²) in [6.45, 7) is 0. The van der Waals surface area contributed by atoms with Crippen LogP contribution >= 0.6 is 12.8 Å². The number of thiol groups is 1. The van der Waals surface area contributed by atoms with Crippen molar-refractivity contribution in [2.24, 2.45) is 4.40 Å². The highest BCUT2D eigenvalue weighted by Gasteiger charge is 1.79. The predicted octanol–water partition coefficient (Wildman–Crippen LogP) is 1.95. The minimum atomic E-state index is 1.08. The van der Waals surface area contributed by atoms with E-state index in [0.717, 1.165) is 5.56 Å². The molecule has 1 aromatic carbocycles. The molecule has 0 saturated heterocycles. The maximum Gasteiger partial charge on any atom is 0.0420 e. The summed E-state index contributed by atoms with van der Waals surface area (Å²) in [5.41, 5.74) is 1.08. The molecular weight excluding hydrogens is 130 g/mol. The fourth-order valence-electron chi connectivity index (χ4n) is 0.606. The van der Waals surface area contributed by atoms with Crippen LogP contribution in [0.3, 0.4) is 0 Å². The Morgan fingerprint density at radius 1 is 1.22 bits per heavy atom. The van der Waals surface area contributed by atoms with Crippen LogP contribution in [0.4, 0.5) is 0 Å². The fourth-order valence-corrected chi connectivity index (χ4v) is 0.739. The van der Waals surface area contributed by atoms with E-state index >= 15 is 0 Å². The summed E-state index contributed by atoms with van der Waals surface area (Å²) >= 11 is 3.70. The highest BCUT2D eigenvalue weighted by atomic mass is 32.1. The lowest BCUT2D eigenvalue weighted by molar-refractivity contribution is 1.67. The van der Waals surface area contributed by atoms with E-state index in [2.05, 4.69) is 17.2 Å². The molecule has 0 bridgehead atoms. The maximum absolute atomic E-state index is 3.70. The molecule has 0 heterocycles. The molecule has 1 aromatic rings. The van der Waals surface area contributed by atoms with Crippen molar-refractivity contribution in [1.82, 2.24) is 0 Å². The Labute approximate surface area is 60.0 Å². The smallest absolute Gasteiger partial charge is 0.0420 e. The van der Waals surface area contributed by atoms with E-state index in [-0.39, 0.29) is 0 Å². The fraction of sp³-hybridized carbons (Fsp3) is 0. The van der Waals surface area contributed by atoms with Crippen molar-refractivity contribution in [3.63, 3.8) is 0 Å². The SMILES string of the molecule is S/N=C\c1ccccc1. The average molecular weight is 137 g/mol. The molecule has 0 saturated carbocycles. The third kappa shape index (κ3) is 1.90. The second kappa shape index (κ2) is 3.30. The van der Waals surface area contributed by atoms with Crippen molar-refractivity contribution in [2.75, 3.05) is 0 Å². The Morgan fingerprint density at radius 3 is 2.44 bits per heavy atom. The third-order valence-electron chi connectivity index (χ3n) is 1.01. The van der Waals surface area contributed by atoms with Crippen molar-refractivity contribution in [1.29, 1.82) is 0 Å². The maximum atomic E-state index is 3.70. The lowest BCUT2D eigenvalue weighted by atomic mass is 10.2. The lowest BCUT2D eigenvalue weighted by Gasteiger charge is -1.85. The zero-order chi connectivity index (χ0) is 6.53. The third-order valence-corrected chi connectivity index (χ3v) is 1.12. The van der Waals surface area contributed by atoms with E-state index in [0.29, 0.717) is 0 Å². The molecule has 0 aromatic heterocycles. The molecule has 0 radical (unpaired) electrons. The molecule has 0 unspecified atom stereocenters. The van der Waals surface area contributed by atoms with Crippen molar-refractivity contribution in [3.8, 4) is 0 Å². The van der Waals surface area contributed by atoms with Gasteiger partial charge in [0.05, 0.1) is 0 Å². The summed E-state index contributed by atoms with van der Waals surface area (Å²) in [6, 6.07) is 9.84. The van der Waals surface area contributed by atoms with Crippen LogP contribution in [0.5, 0.6) is 0 Å². The van der Waals surface area contributed by atoms with Crippen molar-refractivity contribution in [3.05, 3.63) is 35.9 Å². The van der Waals surface area contributed by atoms with Gasteiger partial charge in [0, 0.05) is 6.21 Å². The van der Waals surface area contributed by atoms with E-state index in [4.69, 9.17) is 0 Å². The molecule has 0 aliphatic heterocycles. The van der Waals surface area contributed by atoms with Crippen LogP contribution < -0.4 is 0 Å². The van der Waals surface area contributed by atoms with Gasteiger partial charge in [-0.25, -0.2) is 4.40 Å². The van der Waals surface area contributed by atoms with Crippen LogP contribution in [0.25, 0.3) is 0 Å². The van der Waals surface area contributed by atoms with E-state index in [1.807, 2.05) is 30.3 Å². The molecule has 9 heavy (non-hydrogen) atoms. The molecule has 0 atom stereocenters. The molecule has 2 heteroatoms. The van der Waals surface area contributed by atoms with E-state index in [1.54, 1.807) is 6.21 Å². The van der Waals surface area contributed by atoms with Gasteiger partial charge in [-0.05, 0) is 18.4 Å². The quantitative estimate of drug-likeness (QED) is 0.448. The molecule has 1 rings (SSSR count). The first kappa shape index (κ1) is 6.36. The van der Waals surface area contributed by atoms with Gasteiger partial charge in [-0.1, -0.05) is 30.3 Å². The normalized spacial score (nSPS) is 10.3. The topological polar surface area (TPSA) is 12.4 Å². The molecule has 0 N–H and O–H groups in total. The Hall–Kier alpha value is -0.760. The standard InChI is InChI=1S/C7H7NS/c9-8-6-7-4-2-1-3-5-7/h1-6,9H/b8-6-. The lowest BCUT2D eigenvalue weighted by Crippen LogP contribution is -1.74. The summed E-state index contributed by atoms with van der Waals surface area (Å²) < 4.78 is 3.58. The van der Waals surface area contributed by atoms with Gasteiger partial charge in [-0.15, -0.1) is 0 Å². The van der Waals surface area contributed by atoms with Crippen LogP contribution in [-0.4, -0.2) is 6.21 Å². The molecular formula is C7H7NS. The second-order valence-corrected chi connectivity index (χ2v) is 1.89. The summed E-state index contributed by atoms with van der Waals surface area (Å²) in [4.78, 5) is 0. The van der Waals surface area contributed by atoms with Gasteiger partial charge >= 0.3 is 0 Å². The molecule has 0 aliphatic rings. The Morgan fingerprint density at radius 2 is 1.89 bits per heavy atom. The first-order valence-electron chi connectivity index (χ1n) is 2.66. The largest absolute Gasteiger partial charge is 0.227 e.